The molecule has 0 aliphatic carbocycles. The summed E-state index contributed by atoms with van der Waals surface area (Å²) in [4.78, 5) is 24.3. The summed E-state index contributed by atoms with van der Waals surface area (Å²) in [6.45, 7) is 0.625. The summed E-state index contributed by atoms with van der Waals surface area (Å²) < 4.78 is 41.6. The second kappa shape index (κ2) is 12.9. The molecule has 0 aromatic heterocycles. The minimum absolute atomic E-state index is 0.0728. The van der Waals surface area contributed by atoms with Gasteiger partial charge in [-0.25, -0.2) is 13.8 Å². The number of hydrogen-bond donors (Lipinski definition) is 2. The molecule has 3 rings (SSSR count). The van der Waals surface area contributed by atoms with Gasteiger partial charge in [0, 0.05) is 13.2 Å². The molecule has 11 nitrogen and oxygen atoms in total. The lowest BCUT2D eigenvalue weighted by Crippen LogP contribution is -2.39. The Morgan fingerprint density at radius 2 is 1.92 bits per heavy atom. The summed E-state index contributed by atoms with van der Waals surface area (Å²) in [5, 5.41) is 6.67. The second-order valence-corrected chi connectivity index (χ2v) is 9.94. The number of hydrogen-bond acceptors (Lipinski definition) is 8. The van der Waals surface area contributed by atoms with Crippen LogP contribution in [0.1, 0.15) is 18.4 Å². The van der Waals surface area contributed by atoms with E-state index in [-0.39, 0.29) is 24.3 Å². The molecule has 2 amide bonds. The number of anilines is 1. The first-order valence-corrected chi connectivity index (χ1v) is 13.1. The second-order valence-electron chi connectivity index (χ2n) is 8.03. The van der Waals surface area contributed by atoms with Crippen LogP contribution in [0.2, 0.25) is 0 Å². The molecule has 1 saturated heterocycles. The molecule has 2 N–H and O–H groups in total. The van der Waals surface area contributed by atoms with E-state index in [1.54, 1.807) is 48.5 Å². The molecule has 0 spiro atoms. The molecule has 36 heavy (non-hydrogen) atoms. The first-order chi connectivity index (χ1) is 17.3. The molecular formula is C24H30N4O7S. The molecule has 1 aliphatic heterocycles. The van der Waals surface area contributed by atoms with Crippen LogP contribution in [0.4, 0.5) is 5.69 Å². The van der Waals surface area contributed by atoms with E-state index in [4.69, 9.17) is 14.2 Å². The minimum atomic E-state index is -3.76. The van der Waals surface area contributed by atoms with Crippen molar-refractivity contribution in [1.82, 2.24) is 10.7 Å². The Labute approximate surface area is 210 Å². The average molecular weight is 519 g/mol. The first kappa shape index (κ1) is 27.0. The zero-order valence-corrected chi connectivity index (χ0v) is 21.0. The van der Waals surface area contributed by atoms with Crippen molar-refractivity contribution in [2.75, 3.05) is 44.0 Å². The van der Waals surface area contributed by atoms with Crippen LogP contribution >= 0.6 is 0 Å². The zero-order valence-electron chi connectivity index (χ0n) is 20.2. The van der Waals surface area contributed by atoms with E-state index in [2.05, 4.69) is 15.8 Å². The first-order valence-electron chi connectivity index (χ1n) is 11.3. The highest BCUT2D eigenvalue weighted by Gasteiger charge is 2.23. The van der Waals surface area contributed by atoms with Crippen LogP contribution in [0, 0.1) is 0 Å². The van der Waals surface area contributed by atoms with Crippen LogP contribution in [-0.4, -0.2) is 72.2 Å². The van der Waals surface area contributed by atoms with E-state index >= 15 is 0 Å². The van der Waals surface area contributed by atoms with Gasteiger partial charge in [-0.15, -0.1) is 0 Å². The number of benzene rings is 2. The summed E-state index contributed by atoms with van der Waals surface area (Å²) in [6, 6.07) is 13.2. The number of ether oxygens (including phenoxy) is 3. The Kier molecular flexibility index (Phi) is 9.65. The van der Waals surface area contributed by atoms with Gasteiger partial charge in [0.25, 0.3) is 11.8 Å². The molecular weight excluding hydrogens is 488 g/mol. The standard InChI is InChI=1S/C24H30N4O7S/c1-33-22-8-4-3-7-21(22)28(36(2,31)32)16-23(29)27-26-14-18-9-11-19(12-10-18)35-17-24(30)25-15-20-6-5-13-34-20/h3-4,7-12,14,20H,5-6,13,15-17H2,1-2H3,(H,25,30)(H,27,29)/b26-14-/t20-/m1/s1. The van der Waals surface area contributed by atoms with Crippen LogP contribution in [0.3, 0.4) is 0 Å². The van der Waals surface area contributed by atoms with E-state index in [1.165, 1.54) is 13.3 Å². The molecule has 2 aromatic rings. The number of sulfonamides is 1. The molecule has 1 fully saturated rings. The fraction of sp³-hybridized carbons (Fsp3) is 0.375. The van der Waals surface area contributed by atoms with Gasteiger partial charge in [-0.2, -0.15) is 5.10 Å². The number of methoxy groups -OCH3 is 1. The minimum Gasteiger partial charge on any atom is -0.495 e. The van der Waals surface area contributed by atoms with E-state index < -0.39 is 22.5 Å². The number of rotatable bonds is 12. The summed E-state index contributed by atoms with van der Waals surface area (Å²) in [5.41, 5.74) is 3.23. The number of carbonyl (C=O) groups is 2. The maximum atomic E-state index is 12.4. The van der Waals surface area contributed by atoms with Gasteiger partial charge in [-0.1, -0.05) is 12.1 Å². The van der Waals surface area contributed by atoms with Crippen LogP contribution in [0.5, 0.6) is 11.5 Å². The predicted molar refractivity (Wildman–Crippen MR) is 135 cm³/mol. The van der Waals surface area contributed by atoms with Gasteiger partial charge >= 0.3 is 0 Å². The quantitative estimate of drug-likeness (QED) is 0.319. The van der Waals surface area contributed by atoms with Gasteiger partial charge in [0.05, 0.1) is 31.4 Å². The maximum absolute atomic E-state index is 12.4. The predicted octanol–water partition coefficient (Wildman–Crippen LogP) is 1.29. The van der Waals surface area contributed by atoms with Crippen molar-refractivity contribution in [2.45, 2.75) is 18.9 Å². The molecule has 1 atom stereocenters. The van der Waals surface area contributed by atoms with Crippen LogP contribution in [0.15, 0.2) is 53.6 Å². The zero-order chi connectivity index (χ0) is 26.0. The highest BCUT2D eigenvalue weighted by Crippen LogP contribution is 2.29. The van der Waals surface area contributed by atoms with Crippen LogP contribution in [0.25, 0.3) is 0 Å². The highest BCUT2D eigenvalue weighted by molar-refractivity contribution is 7.92. The van der Waals surface area contributed by atoms with Crippen molar-refractivity contribution < 1.29 is 32.2 Å². The summed E-state index contributed by atoms with van der Waals surface area (Å²) >= 11 is 0. The van der Waals surface area contributed by atoms with Crippen molar-refractivity contribution in [3.05, 3.63) is 54.1 Å². The van der Waals surface area contributed by atoms with Crippen LogP contribution < -0.4 is 24.5 Å². The number of carbonyl (C=O) groups excluding carboxylic acids is 2. The Morgan fingerprint density at radius 1 is 1.17 bits per heavy atom. The van der Waals surface area contributed by atoms with Crippen molar-refractivity contribution in [2.24, 2.45) is 5.10 Å². The average Bonchev–Trinajstić information content (AvgIpc) is 3.39. The molecule has 0 radical (unpaired) electrons. The fourth-order valence-electron chi connectivity index (χ4n) is 3.44. The molecule has 1 heterocycles. The Bertz CT molecular complexity index is 1160. The smallest absolute Gasteiger partial charge is 0.260 e. The van der Waals surface area contributed by atoms with E-state index in [0.717, 1.165) is 30.0 Å². The summed E-state index contributed by atoms with van der Waals surface area (Å²) in [5.74, 6) is -0.0300. The Hall–Kier alpha value is -3.64. The molecule has 1 aliphatic rings. The van der Waals surface area contributed by atoms with E-state index in [1.807, 2.05) is 0 Å². The third-order valence-electron chi connectivity index (χ3n) is 5.25. The van der Waals surface area contributed by atoms with E-state index in [9.17, 15) is 18.0 Å². The number of nitrogens with one attached hydrogen (secondary N) is 2. The highest BCUT2D eigenvalue weighted by atomic mass is 32.2. The normalized spacial score (nSPS) is 15.4. The van der Waals surface area contributed by atoms with Gasteiger partial charge < -0.3 is 19.5 Å². The molecule has 2 aromatic carbocycles. The fourth-order valence-corrected chi connectivity index (χ4v) is 4.30. The topological polar surface area (TPSA) is 136 Å². The van der Waals surface area contributed by atoms with Gasteiger partial charge in [0.2, 0.25) is 10.0 Å². The number of hydrazone groups is 1. The van der Waals surface area contributed by atoms with Gasteiger partial charge in [-0.05, 0) is 54.8 Å². The Balaban J connectivity index is 1.47. The number of nitrogens with zero attached hydrogens (tertiary/aromatic N) is 2. The van der Waals surface area contributed by atoms with Crippen LogP contribution in [-0.2, 0) is 24.3 Å². The summed E-state index contributed by atoms with van der Waals surface area (Å²) in [6.07, 6.45) is 4.45. The van der Waals surface area contributed by atoms with Gasteiger partial charge in [-0.3, -0.25) is 13.9 Å². The molecule has 0 unspecified atom stereocenters. The maximum Gasteiger partial charge on any atom is 0.260 e. The molecule has 12 heteroatoms. The summed E-state index contributed by atoms with van der Waals surface area (Å²) in [7, 11) is -2.34. The van der Waals surface area contributed by atoms with Crippen molar-refractivity contribution >= 4 is 33.7 Å². The lowest BCUT2D eigenvalue weighted by Gasteiger charge is -2.23. The largest absolute Gasteiger partial charge is 0.495 e. The lowest BCUT2D eigenvalue weighted by atomic mass is 10.2. The SMILES string of the molecule is COc1ccccc1N(CC(=O)N/N=C\c1ccc(OCC(=O)NC[C@H]2CCCO2)cc1)S(C)(=O)=O. The van der Waals surface area contributed by atoms with Crippen molar-refractivity contribution in [3.8, 4) is 11.5 Å². The third-order valence-corrected chi connectivity index (χ3v) is 6.37. The van der Waals surface area contributed by atoms with Crippen molar-refractivity contribution in [3.63, 3.8) is 0 Å². The van der Waals surface area contributed by atoms with Gasteiger partial charge in [0.15, 0.2) is 6.61 Å². The third kappa shape index (κ3) is 8.24. The van der Waals surface area contributed by atoms with Crippen molar-refractivity contribution in [1.29, 1.82) is 0 Å². The number of amides is 2. The lowest BCUT2D eigenvalue weighted by molar-refractivity contribution is -0.123. The number of para-hydroxylation sites is 2. The monoisotopic (exact) mass is 518 g/mol. The van der Waals surface area contributed by atoms with Gasteiger partial charge in [0.1, 0.15) is 18.0 Å². The molecule has 0 bridgehead atoms. The molecule has 0 saturated carbocycles. The Morgan fingerprint density at radius 3 is 2.58 bits per heavy atom. The molecule has 194 valence electrons. The van der Waals surface area contributed by atoms with E-state index in [0.29, 0.717) is 23.6 Å².